The van der Waals surface area contributed by atoms with Gasteiger partial charge in [0.05, 0.1) is 18.1 Å². The average molecular weight is 499 g/mol. The van der Waals surface area contributed by atoms with Crippen LogP contribution in [0.1, 0.15) is 73.6 Å². The number of fused-ring (bicyclic) bond motifs is 1. The third-order valence-electron chi connectivity index (χ3n) is 8.76. The van der Waals surface area contributed by atoms with Crippen LogP contribution in [-0.4, -0.2) is 52.6 Å². The Balaban J connectivity index is 1.21. The van der Waals surface area contributed by atoms with Crippen LogP contribution in [0.5, 0.6) is 0 Å². The van der Waals surface area contributed by atoms with Crippen molar-refractivity contribution in [2.24, 2.45) is 17.8 Å². The molecule has 2 unspecified atom stereocenters. The molecule has 0 aromatic carbocycles. The summed E-state index contributed by atoms with van der Waals surface area (Å²) in [6.45, 7) is 4.15. The van der Waals surface area contributed by atoms with Crippen LogP contribution < -0.4 is 10.2 Å². The molecule has 5 aliphatic rings. The quantitative estimate of drug-likeness (QED) is 0.540. The zero-order valence-electron chi connectivity index (χ0n) is 20.5. The van der Waals surface area contributed by atoms with E-state index in [9.17, 15) is 13.2 Å². The Morgan fingerprint density at radius 3 is 2.25 bits per heavy atom. The summed E-state index contributed by atoms with van der Waals surface area (Å²) in [5, 5.41) is 3.19. The molecule has 3 saturated carbocycles. The number of nitrogens with one attached hydrogen (secondary N) is 1. The van der Waals surface area contributed by atoms with Crippen molar-refractivity contribution < 1.29 is 13.2 Å². The first kappa shape index (κ1) is 22.8. The van der Waals surface area contributed by atoms with Crippen molar-refractivity contribution in [2.75, 3.05) is 42.9 Å². The van der Waals surface area contributed by atoms with E-state index < -0.39 is 11.7 Å². The molecule has 192 valence electrons. The second kappa shape index (κ2) is 8.57. The van der Waals surface area contributed by atoms with Gasteiger partial charge in [-0.3, -0.25) is 4.98 Å². The van der Waals surface area contributed by atoms with Crippen LogP contribution >= 0.6 is 0 Å². The van der Waals surface area contributed by atoms with Gasteiger partial charge in [0.15, 0.2) is 0 Å². The monoisotopic (exact) mass is 498 g/mol. The molecular formula is C27H33F3N6. The molecule has 36 heavy (non-hydrogen) atoms. The predicted molar refractivity (Wildman–Crippen MR) is 131 cm³/mol. The molecule has 2 aromatic rings. The minimum Gasteiger partial charge on any atom is -0.355 e. The lowest BCUT2D eigenvalue weighted by molar-refractivity contribution is -0.138. The molecule has 0 amide bonds. The minimum atomic E-state index is -4.44. The summed E-state index contributed by atoms with van der Waals surface area (Å²) in [5.74, 6) is 3.25. The van der Waals surface area contributed by atoms with Crippen LogP contribution in [0.4, 0.5) is 30.6 Å². The lowest BCUT2D eigenvalue weighted by atomic mass is 9.86. The Hall–Kier alpha value is -2.42. The van der Waals surface area contributed by atoms with Crippen molar-refractivity contribution in [3.05, 3.63) is 35.3 Å². The summed E-state index contributed by atoms with van der Waals surface area (Å²) < 4.78 is 43.9. The van der Waals surface area contributed by atoms with Crippen molar-refractivity contribution in [2.45, 2.75) is 63.0 Å². The van der Waals surface area contributed by atoms with Crippen LogP contribution in [0.3, 0.4) is 0 Å². The standard InChI is InChI=1S/C27H33F3N6/c28-27(29,30)25-21(17-5-7-35(8-6-17)13-16-1-2-16)10-23(34-26(25)36-14-19-9-20(19)15-36)33-24-12-31-22(11-32-24)18-3-4-18/h10-12,16-20H,1-9,13-15H2,(H,32,33,34). The predicted octanol–water partition coefficient (Wildman–Crippen LogP) is 5.56. The topological polar surface area (TPSA) is 57.2 Å². The van der Waals surface area contributed by atoms with Gasteiger partial charge in [-0.05, 0) is 93.3 Å². The Kier molecular flexibility index (Phi) is 5.42. The van der Waals surface area contributed by atoms with E-state index in [-0.39, 0.29) is 11.7 Å². The smallest absolute Gasteiger partial charge is 0.355 e. The van der Waals surface area contributed by atoms with E-state index in [1.165, 1.54) is 12.8 Å². The number of nitrogens with zero attached hydrogens (tertiary/aromatic N) is 5. The van der Waals surface area contributed by atoms with Gasteiger partial charge in [0.2, 0.25) is 0 Å². The van der Waals surface area contributed by atoms with Gasteiger partial charge in [0.25, 0.3) is 0 Å². The van der Waals surface area contributed by atoms with Gasteiger partial charge in [-0.15, -0.1) is 0 Å². The number of pyridine rings is 1. The Bertz CT molecular complexity index is 1110. The molecule has 9 heteroatoms. The number of piperidine rings is 2. The third-order valence-corrected chi connectivity index (χ3v) is 8.76. The van der Waals surface area contributed by atoms with Crippen molar-refractivity contribution >= 4 is 17.5 Å². The van der Waals surface area contributed by atoms with Crippen LogP contribution in [-0.2, 0) is 6.18 Å². The molecule has 1 N–H and O–H groups in total. The highest BCUT2D eigenvalue weighted by Gasteiger charge is 2.49. The number of alkyl halides is 3. The molecule has 3 aliphatic carbocycles. The summed E-state index contributed by atoms with van der Waals surface area (Å²) in [7, 11) is 0. The molecule has 2 aliphatic heterocycles. The largest absolute Gasteiger partial charge is 0.420 e. The van der Waals surface area contributed by atoms with E-state index in [4.69, 9.17) is 0 Å². The SMILES string of the molecule is FC(F)(F)c1c(C2CCN(CC3CC3)CC2)cc(Nc2cnc(C3CC3)cn2)nc1N1CC2CC2C1. The zero-order valence-corrected chi connectivity index (χ0v) is 20.5. The Morgan fingerprint density at radius 2 is 1.64 bits per heavy atom. The first-order chi connectivity index (χ1) is 17.4. The number of anilines is 3. The number of hydrogen-bond donors (Lipinski definition) is 1. The van der Waals surface area contributed by atoms with Gasteiger partial charge in [-0.25, -0.2) is 9.97 Å². The van der Waals surface area contributed by atoms with E-state index in [1.54, 1.807) is 18.5 Å². The summed E-state index contributed by atoms with van der Waals surface area (Å²) >= 11 is 0. The maximum absolute atomic E-state index is 14.6. The second-order valence-electron chi connectivity index (χ2n) is 11.7. The van der Waals surface area contributed by atoms with E-state index in [0.717, 1.165) is 63.4 Å². The van der Waals surface area contributed by atoms with Crippen molar-refractivity contribution in [1.82, 2.24) is 19.9 Å². The first-order valence-corrected chi connectivity index (χ1v) is 13.6. The van der Waals surface area contributed by atoms with Crippen LogP contribution in [0.25, 0.3) is 0 Å². The van der Waals surface area contributed by atoms with Crippen molar-refractivity contribution in [3.8, 4) is 0 Å². The fourth-order valence-corrected chi connectivity index (χ4v) is 6.24. The van der Waals surface area contributed by atoms with Crippen LogP contribution in [0.2, 0.25) is 0 Å². The number of aromatic nitrogens is 3. The number of likely N-dealkylation sites (tertiary alicyclic amines) is 1. The number of rotatable bonds is 7. The highest BCUT2D eigenvalue weighted by atomic mass is 19.4. The lowest BCUT2D eigenvalue weighted by Crippen LogP contribution is -2.35. The molecular weight excluding hydrogens is 465 g/mol. The highest BCUT2D eigenvalue weighted by molar-refractivity contribution is 5.63. The molecule has 4 heterocycles. The van der Waals surface area contributed by atoms with E-state index in [0.29, 0.717) is 48.0 Å². The Labute approximate surface area is 209 Å². The average Bonchev–Trinajstić information content (AvgIpc) is 3.75. The van der Waals surface area contributed by atoms with E-state index in [1.807, 2.05) is 4.90 Å². The summed E-state index contributed by atoms with van der Waals surface area (Å²) in [6.07, 6.45) is 6.51. The molecule has 2 aromatic heterocycles. The second-order valence-corrected chi connectivity index (χ2v) is 11.7. The number of halogens is 3. The molecule has 0 bridgehead atoms. The Morgan fingerprint density at radius 1 is 0.889 bits per heavy atom. The molecule has 6 nitrogen and oxygen atoms in total. The molecule has 0 radical (unpaired) electrons. The summed E-state index contributed by atoms with van der Waals surface area (Å²) in [5.41, 5.74) is 0.853. The molecule has 2 saturated heterocycles. The lowest BCUT2D eigenvalue weighted by Gasteiger charge is -2.34. The maximum atomic E-state index is 14.6. The fraction of sp³-hybridized carbons (Fsp3) is 0.667. The summed E-state index contributed by atoms with van der Waals surface area (Å²) in [6, 6.07) is 1.64. The number of hydrogen-bond acceptors (Lipinski definition) is 6. The minimum absolute atomic E-state index is 0.0951. The fourth-order valence-electron chi connectivity index (χ4n) is 6.24. The van der Waals surface area contributed by atoms with Gasteiger partial charge in [-0.1, -0.05) is 0 Å². The van der Waals surface area contributed by atoms with Crippen molar-refractivity contribution in [3.63, 3.8) is 0 Å². The third kappa shape index (κ3) is 4.66. The van der Waals surface area contributed by atoms with Gasteiger partial charge in [0.1, 0.15) is 23.0 Å². The first-order valence-electron chi connectivity index (χ1n) is 13.6. The molecule has 2 atom stereocenters. The molecule has 5 fully saturated rings. The highest BCUT2D eigenvalue weighted by Crippen LogP contribution is 2.50. The summed E-state index contributed by atoms with van der Waals surface area (Å²) in [4.78, 5) is 17.9. The van der Waals surface area contributed by atoms with Crippen LogP contribution in [0, 0.1) is 17.8 Å². The normalized spacial score (nSPS) is 26.8. The van der Waals surface area contributed by atoms with Gasteiger partial charge in [-0.2, -0.15) is 13.2 Å². The molecule has 0 spiro atoms. The van der Waals surface area contributed by atoms with Gasteiger partial charge >= 0.3 is 6.18 Å². The van der Waals surface area contributed by atoms with E-state index in [2.05, 4.69) is 25.2 Å². The van der Waals surface area contributed by atoms with Crippen LogP contribution in [0.15, 0.2) is 18.5 Å². The van der Waals surface area contributed by atoms with Crippen molar-refractivity contribution in [1.29, 1.82) is 0 Å². The van der Waals surface area contributed by atoms with E-state index >= 15 is 0 Å². The zero-order chi connectivity index (χ0) is 24.4. The van der Waals surface area contributed by atoms with Gasteiger partial charge in [0, 0.05) is 25.6 Å². The van der Waals surface area contributed by atoms with Gasteiger partial charge < -0.3 is 15.1 Å². The molecule has 7 rings (SSSR count). The maximum Gasteiger partial charge on any atom is 0.420 e.